The lowest BCUT2D eigenvalue weighted by Crippen LogP contribution is -2.35. The molecule has 0 aliphatic heterocycles. The maximum atomic E-state index is 11.9. The topological polar surface area (TPSA) is 99.3 Å². The van der Waals surface area contributed by atoms with E-state index in [-0.39, 0.29) is 16.9 Å². The number of aryl methyl sites for hydroxylation is 1. The van der Waals surface area contributed by atoms with E-state index in [2.05, 4.69) is 10.3 Å². The summed E-state index contributed by atoms with van der Waals surface area (Å²) in [7, 11) is 0. The Balaban J connectivity index is 1.98. The number of hydrogen-bond donors (Lipinski definition) is 3. The average molecular weight is 278 g/mol. The van der Waals surface area contributed by atoms with Crippen molar-refractivity contribution in [2.45, 2.75) is 26.2 Å². The van der Waals surface area contributed by atoms with Gasteiger partial charge >= 0.3 is 5.97 Å². The zero-order chi connectivity index (χ0) is 14.7. The van der Waals surface area contributed by atoms with E-state index < -0.39 is 17.8 Å². The van der Waals surface area contributed by atoms with E-state index in [1.54, 1.807) is 6.92 Å². The quantitative estimate of drug-likeness (QED) is 0.762. The monoisotopic (exact) mass is 278 g/mol. The van der Waals surface area contributed by atoms with Gasteiger partial charge in [-0.25, -0.2) is 0 Å². The molecule has 108 valence electrons. The van der Waals surface area contributed by atoms with Crippen LogP contribution < -0.4 is 10.7 Å². The Morgan fingerprint density at radius 3 is 2.85 bits per heavy atom. The first kappa shape index (κ1) is 14.3. The molecule has 1 aromatic heterocycles. The van der Waals surface area contributed by atoms with E-state index >= 15 is 0 Å². The second kappa shape index (κ2) is 5.90. The predicted octanol–water partition coefficient (Wildman–Crippen LogP) is 0.914. The standard InChI is InChI=1S/C14H18N2O4/c1-8-5-12(17)11(7-15-8)13(18)16-6-9-3-2-4-10(9)14(19)20/h5,7,9-10H,2-4,6H2,1H3,(H,15,17)(H,16,18)(H,19,20). The van der Waals surface area contributed by atoms with Crippen molar-refractivity contribution in [3.8, 4) is 0 Å². The first-order valence-corrected chi connectivity index (χ1v) is 6.69. The largest absolute Gasteiger partial charge is 0.481 e. The van der Waals surface area contributed by atoms with Crippen molar-refractivity contribution in [3.63, 3.8) is 0 Å². The third-order valence-corrected chi connectivity index (χ3v) is 3.80. The number of nitrogens with one attached hydrogen (secondary N) is 2. The first-order chi connectivity index (χ1) is 9.49. The minimum absolute atomic E-state index is 0.0546. The number of carboxylic acid groups (broad SMARTS) is 1. The Morgan fingerprint density at radius 1 is 1.45 bits per heavy atom. The molecule has 20 heavy (non-hydrogen) atoms. The molecule has 1 fully saturated rings. The Bertz CT molecular complexity index is 579. The van der Waals surface area contributed by atoms with Crippen LogP contribution in [0, 0.1) is 18.8 Å². The van der Waals surface area contributed by atoms with Gasteiger partial charge in [0, 0.05) is 24.5 Å². The summed E-state index contributed by atoms with van der Waals surface area (Å²) < 4.78 is 0. The van der Waals surface area contributed by atoms with Crippen molar-refractivity contribution in [1.29, 1.82) is 0 Å². The second-order valence-electron chi connectivity index (χ2n) is 5.24. The van der Waals surface area contributed by atoms with Gasteiger partial charge in [-0.15, -0.1) is 0 Å². The lowest BCUT2D eigenvalue weighted by Gasteiger charge is -2.16. The summed E-state index contributed by atoms with van der Waals surface area (Å²) in [6, 6.07) is 1.37. The van der Waals surface area contributed by atoms with Gasteiger partial charge in [-0.05, 0) is 25.7 Å². The fourth-order valence-electron chi connectivity index (χ4n) is 2.68. The SMILES string of the molecule is Cc1cc(=O)c(C(=O)NCC2CCCC2C(=O)O)c[nH]1. The third kappa shape index (κ3) is 3.07. The van der Waals surface area contributed by atoms with Crippen LogP contribution in [0.2, 0.25) is 0 Å². The molecule has 0 bridgehead atoms. The van der Waals surface area contributed by atoms with E-state index in [0.29, 0.717) is 18.7 Å². The number of carboxylic acids is 1. The van der Waals surface area contributed by atoms with Crippen LogP contribution in [0.3, 0.4) is 0 Å². The molecule has 6 heteroatoms. The highest BCUT2D eigenvalue weighted by molar-refractivity contribution is 5.93. The second-order valence-corrected chi connectivity index (χ2v) is 5.24. The summed E-state index contributed by atoms with van der Waals surface area (Å²) in [6.07, 6.45) is 3.70. The number of aromatic nitrogens is 1. The molecular formula is C14H18N2O4. The number of aliphatic carboxylic acids is 1. The molecule has 3 N–H and O–H groups in total. The molecule has 1 aliphatic carbocycles. The summed E-state index contributed by atoms with van der Waals surface area (Å²) in [6.45, 7) is 2.03. The van der Waals surface area contributed by atoms with Gasteiger partial charge in [0.15, 0.2) is 5.43 Å². The molecule has 1 aliphatic rings. The zero-order valence-corrected chi connectivity index (χ0v) is 11.3. The normalized spacial score (nSPS) is 21.6. The smallest absolute Gasteiger partial charge is 0.306 e. The maximum absolute atomic E-state index is 11.9. The Morgan fingerprint density at radius 2 is 2.20 bits per heavy atom. The predicted molar refractivity (Wildman–Crippen MR) is 72.6 cm³/mol. The van der Waals surface area contributed by atoms with Gasteiger partial charge in [0.1, 0.15) is 5.56 Å². The first-order valence-electron chi connectivity index (χ1n) is 6.69. The van der Waals surface area contributed by atoms with Crippen molar-refractivity contribution in [1.82, 2.24) is 10.3 Å². The molecular weight excluding hydrogens is 260 g/mol. The van der Waals surface area contributed by atoms with Gasteiger partial charge in [0.25, 0.3) is 5.91 Å². The Labute approximate surface area is 116 Å². The van der Waals surface area contributed by atoms with Crippen molar-refractivity contribution >= 4 is 11.9 Å². The average Bonchev–Trinajstić information content (AvgIpc) is 2.84. The minimum atomic E-state index is -0.810. The highest BCUT2D eigenvalue weighted by Gasteiger charge is 2.32. The number of pyridine rings is 1. The third-order valence-electron chi connectivity index (χ3n) is 3.80. The highest BCUT2D eigenvalue weighted by Crippen LogP contribution is 2.31. The molecule has 0 aromatic carbocycles. The van der Waals surface area contributed by atoms with Crippen LogP contribution in [0.1, 0.15) is 35.3 Å². The molecule has 1 saturated carbocycles. The number of H-pyrrole nitrogens is 1. The number of rotatable bonds is 4. The fraction of sp³-hybridized carbons (Fsp3) is 0.500. The van der Waals surface area contributed by atoms with Gasteiger partial charge in [-0.2, -0.15) is 0 Å². The van der Waals surface area contributed by atoms with Crippen molar-refractivity contribution in [2.24, 2.45) is 11.8 Å². The van der Waals surface area contributed by atoms with Crippen LogP contribution in [0.4, 0.5) is 0 Å². The summed E-state index contributed by atoms with van der Waals surface area (Å²) >= 11 is 0. The van der Waals surface area contributed by atoms with E-state index in [4.69, 9.17) is 5.11 Å². The van der Waals surface area contributed by atoms with Crippen LogP contribution >= 0.6 is 0 Å². The number of carbonyl (C=O) groups excluding carboxylic acids is 1. The minimum Gasteiger partial charge on any atom is -0.481 e. The summed E-state index contributed by atoms with van der Waals surface area (Å²) in [5.74, 6) is -1.72. The Hall–Kier alpha value is -2.11. The molecule has 1 heterocycles. The lowest BCUT2D eigenvalue weighted by atomic mass is 9.96. The number of hydrogen-bond acceptors (Lipinski definition) is 3. The molecule has 0 radical (unpaired) electrons. The molecule has 2 rings (SSSR count). The number of aromatic amines is 1. The van der Waals surface area contributed by atoms with Crippen molar-refractivity contribution in [3.05, 3.63) is 33.7 Å². The van der Waals surface area contributed by atoms with E-state index in [1.807, 2.05) is 0 Å². The lowest BCUT2D eigenvalue weighted by molar-refractivity contribution is -0.142. The molecule has 1 aromatic rings. The van der Waals surface area contributed by atoms with Crippen LogP contribution in [0.5, 0.6) is 0 Å². The zero-order valence-electron chi connectivity index (χ0n) is 11.3. The molecule has 0 spiro atoms. The molecule has 2 unspecified atom stereocenters. The maximum Gasteiger partial charge on any atom is 0.306 e. The van der Waals surface area contributed by atoms with Gasteiger partial charge in [-0.1, -0.05) is 6.42 Å². The molecule has 6 nitrogen and oxygen atoms in total. The number of carbonyl (C=O) groups is 2. The van der Waals surface area contributed by atoms with Gasteiger partial charge in [0.2, 0.25) is 0 Å². The van der Waals surface area contributed by atoms with Crippen LogP contribution in [-0.2, 0) is 4.79 Å². The molecule has 2 atom stereocenters. The highest BCUT2D eigenvalue weighted by atomic mass is 16.4. The number of amides is 1. The van der Waals surface area contributed by atoms with Gasteiger partial charge in [-0.3, -0.25) is 14.4 Å². The van der Waals surface area contributed by atoms with Crippen LogP contribution in [0.25, 0.3) is 0 Å². The van der Waals surface area contributed by atoms with Gasteiger partial charge in [0.05, 0.1) is 5.92 Å². The Kier molecular flexibility index (Phi) is 4.22. The molecule has 1 amide bonds. The molecule has 0 saturated heterocycles. The summed E-state index contributed by atoms with van der Waals surface area (Å²) in [5.41, 5.74) is 0.411. The van der Waals surface area contributed by atoms with Gasteiger partial charge < -0.3 is 15.4 Å². The van der Waals surface area contributed by atoms with E-state index in [9.17, 15) is 14.4 Å². The van der Waals surface area contributed by atoms with E-state index in [0.717, 1.165) is 12.8 Å². The summed E-state index contributed by atoms with van der Waals surface area (Å²) in [5, 5.41) is 11.7. The van der Waals surface area contributed by atoms with Crippen molar-refractivity contribution < 1.29 is 14.7 Å². The fourth-order valence-corrected chi connectivity index (χ4v) is 2.68. The van der Waals surface area contributed by atoms with Crippen LogP contribution in [0.15, 0.2) is 17.1 Å². The van der Waals surface area contributed by atoms with Crippen molar-refractivity contribution in [2.75, 3.05) is 6.54 Å². The summed E-state index contributed by atoms with van der Waals surface area (Å²) in [4.78, 5) is 37.5. The van der Waals surface area contributed by atoms with Crippen LogP contribution in [-0.4, -0.2) is 28.5 Å². The van der Waals surface area contributed by atoms with E-state index in [1.165, 1.54) is 12.3 Å².